The molecule has 38 heavy (non-hydrogen) atoms. The number of ether oxygens (including phenoxy) is 1. The van der Waals surface area contributed by atoms with E-state index in [1.807, 2.05) is 32.0 Å². The number of amides is 2. The molecule has 0 aromatic heterocycles. The smallest absolute Gasteiger partial charge is 0.234 e. The highest BCUT2D eigenvalue weighted by Gasteiger charge is 2.41. The summed E-state index contributed by atoms with van der Waals surface area (Å²) >= 11 is 0. The van der Waals surface area contributed by atoms with Gasteiger partial charge in [-0.25, -0.2) is 4.39 Å². The maximum atomic E-state index is 14.3. The Morgan fingerprint density at radius 2 is 1.79 bits per heavy atom. The largest absolute Gasteiger partial charge is 0.493 e. The van der Waals surface area contributed by atoms with Gasteiger partial charge < -0.3 is 15.4 Å². The number of carbonyl (C=O) groups is 2. The summed E-state index contributed by atoms with van der Waals surface area (Å²) in [6.45, 7) is 7.14. The Hall–Kier alpha value is -2.93. The molecule has 206 valence electrons. The van der Waals surface area contributed by atoms with E-state index in [4.69, 9.17) is 4.74 Å². The minimum atomic E-state index is -0.511. The number of piperidine rings is 1. The van der Waals surface area contributed by atoms with Crippen molar-refractivity contribution < 1.29 is 18.7 Å². The number of benzene rings is 2. The topological polar surface area (TPSA) is 70.7 Å². The van der Waals surface area contributed by atoms with Gasteiger partial charge in [0.1, 0.15) is 11.6 Å². The highest BCUT2D eigenvalue weighted by atomic mass is 19.1. The van der Waals surface area contributed by atoms with Crippen LogP contribution in [0.1, 0.15) is 63.5 Å². The van der Waals surface area contributed by atoms with E-state index in [0.717, 1.165) is 50.7 Å². The van der Waals surface area contributed by atoms with Gasteiger partial charge >= 0.3 is 0 Å². The summed E-state index contributed by atoms with van der Waals surface area (Å²) in [5.41, 5.74) is 0.941. The van der Waals surface area contributed by atoms with Crippen LogP contribution in [0.3, 0.4) is 0 Å². The van der Waals surface area contributed by atoms with Gasteiger partial charge in [-0.05, 0) is 74.9 Å². The number of fused-ring (bicyclic) bond motifs is 1. The molecule has 0 aliphatic carbocycles. The van der Waals surface area contributed by atoms with Gasteiger partial charge in [-0.3, -0.25) is 14.5 Å². The highest BCUT2D eigenvalue weighted by Crippen LogP contribution is 2.37. The van der Waals surface area contributed by atoms with Crippen LogP contribution in [0.5, 0.6) is 5.75 Å². The van der Waals surface area contributed by atoms with Gasteiger partial charge in [-0.2, -0.15) is 0 Å². The van der Waals surface area contributed by atoms with Crippen LogP contribution in [0.4, 0.5) is 4.39 Å². The molecule has 1 spiro atoms. The summed E-state index contributed by atoms with van der Waals surface area (Å²) in [4.78, 5) is 28.2. The van der Waals surface area contributed by atoms with E-state index >= 15 is 0 Å². The average Bonchev–Trinajstić information content (AvgIpc) is 2.92. The summed E-state index contributed by atoms with van der Waals surface area (Å²) < 4.78 is 20.2. The van der Waals surface area contributed by atoms with Crippen LogP contribution in [-0.4, -0.2) is 56.0 Å². The fourth-order valence-corrected chi connectivity index (χ4v) is 5.69. The molecule has 0 unspecified atom stereocenters. The number of nitrogens with one attached hydrogen (secondary N) is 2. The van der Waals surface area contributed by atoms with E-state index in [1.54, 1.807) is 12.1 Å². The van der Waals surface area contributed by atoms with Gasteiger partial charge in [0.25, 0.3) is 0 Å². The molecule has 4 rings (SSSR count). The fraction of sp³-hybridized carbons (Fsp3) is 0.548. The number of rotatable bonds is 5. The van der Waals surface area contributed by atoms with Crippen LogP contribution < -0.4 is 15.4 Å². The lowest BCUT2D eigenvalue weighted by atomic mass is 9.73. The molecule has 0 saturated carbocycles. The van der Waals surface area contributed by atoms with Crippen LogP contribution in [0.25, 0.3) is 0 Å². The molecule has 2 heterocycles. The van der Waals surface area contributed by atoms with Crippen molar-refractivity contribution in [3.05, 3.63) is 65.5 Å². The molecule has 2 N–H and O–H groups in total. The first-order chi connectivity index (χ1) is 18.3. The van der Waals surface area contributed by atoms with E-state index in [1.165, 1.54) is 11.6 Å². The highest BCUT2D eigenvalue weighted by molar-refractivity contribution is 5.83. The Balaban J connectivity index is 1.29. The molecule has 1 fully saturated rings. The van der Waals surface area contributed by atoms with Crippen molar-refractivity contribution in [2.45, 2.75) is 64.2 Å². The molecular formula is C31H42FN3O3. The molecule has 2 aromatic carbocycles. The summed E-state index contributed by atoms with van der Waals surface area (Å²) in [5, 5.41) is 6.17. The van der Waals surface area contributed by atoms with E-state index in [9.17, 15) is 14.0 Å². The zero-order valence-corrected chi connectivity index (χ0v) is 22.9. The third-order valence-electron chi connectivity index (χ3n) is 8.18. The van der Waals surface area contributed by atoms with Crippen molar-refractivity contribution in [2.75, 3.05) is 39.3 Å². The van der Waals surface area contributed by atoms with Crippen molar-refractivity contribution in [1.29, 1.82) is 0 Å². The number of para-hydroxylation sites is 1. The summed E-state index contributed by atoms with van der Waals surface area (Å²) in [5.74, 6) is 0.779. The Morgan fingerprint density at radius 1 is 1.05 bits per heavy atom. The average molecular weight is 524 g/mol. The van der Waals surface area contributed by atoms with Crippen molar-refractivity contribution in [3.63, 3.8) is 0 Å². The SMILES string of the molecule is CC(C)(CNC(=O)CN1CCC2(CCCCc3ccccc3OCCCNC2=O)CC1)c1ccccc1F. The van der Waals surface area contributed by atoms with Crippen LogP contribution in [0, 0.1) is 11.2 Å². The third kappa shape index (κ3) is 7.13. The Labute approximate surface area is 226 Å². The molecule has 0 bridgehead atoms. The second kappa shape index (κ2) is 12.7. The summed E-state index contributed by atoms with van der Waals surface area (Å²) in [7, 11) is 0. The minimum absolute atomic E-state index is 0.0663. The number of likely N-dealkylation sites (tertiary alicyclic amines) is 1. The second-order valence-electron chi connectivity index (χ2n) is 11.5. The van der Waals surface area contributed by atoms with Crippen molar-refractivity contribution >= 4 is 11.8 Å². The second-order valence-corrected chi connectivity index (χ2v) is 11.5. The Bertz CT molecular complexity index is 1100. The summed E-state index contributed by atoms with van der Waals surface area (Å²) in [6, 6.07) is 14.9. The van der Waals surface area contributed by atoms with Crippen molar-refractivity contribution in [3.8, 4) is 5.75 Å². The van der Waals surface area contributed by atoms with Crippen LogP contribution in [0.2, 0.25) is 0 Å². The van der Waals surface area contributed by atoms with Crippen LogP contribution in [-0.2, 0) is 21.4 Å². The van der Waals surface area contributed by atoms with Gasteiger partial charge in [0.05, 0.1) is 18.6 Å². The molecule has 2 aromatic rings. The quantitative estimate of drug-likeness (QED) is 0.600. The lowest BCUT2D eigenvalue weighted by Crippen LogP contribution is -2.51. The van der Waals surface area contributed by atoms with Gasteiger partial charge in [-0.1, -0.05) is 56.7 Å². The van der Waals surface area contributed by atoms with Gasteiger partial charge in [0.2, 0.25) is 11.8 Å². The summed E-state index contributed by atoms with van der Waals surface area (Å²) in [6.07, 6.45) is 6.07. The van der Waals surface area contributed by atoms with E-state index in [0.29, 0.717) is 44.9 Å². The van der Waals surface area contributed by atoms with Crippen molar-refractivity contribution in [2.24, 2.45) is 5.41 Å². The molecule has 0 atom stereocenters. The van der Waals surface area contributed by atoms with E-state index < -0.39 is 5.41 Å². The molecular weight excluding hydrogens is 481 g/mol. The third-order valence-corrected chi connectivity index (χ3v) is 8.18. The first kappa shape index (κ1) is 28.1. The van der Waals surface area contributed by atoms with Crippen LogP contribution in [0.15, 0.2) is 48.5 Å². The molecule has 6 nitrogen and oxygen atoms in total. The van der Waals surface area contributed by atoms with E-state index in [2.05, 4.69) is 27.7 Å². The standard InChI is InChI=1S/C31H42FN3O3/c1-30(2,25-12-4-5-13-26(25)32)23-34-28(36)22-35-19-16-31(17-20-35)15-8-7-11-24-10-3-6-14-27(24)38-21-9-18-33-29(31)37/h3-6,10,12-14H,7-9,11,15-23H2,1-2H3,(H,33,37)(H,34,36). The predicted molar refractivity (Wildman–Crippen MR) is 148 cm³/mol. The number of nitrogens with zero attached hydrogens (tertiary/aromatic N) is 1. The lowest BCUT2D eigenvalue weighted by molar-refractivity contribution is -0.135. The van der Waals surface area contributed by atoms with Crippen molar-refractivity contribution in [1.82, 2.24) is 15.5 Å². The normalized spacial score (nSPS) is 19.2. The number of carbonyl (C=O) groups excluding carboxylic acids is 2. The Morgan fingerprint density at radius 3 is 2.58 bits per heavy atom. The first-order valence-electron chi connectivity index (χ1n) is 14.0. The lowest BCUT2D eigenvalue weighted by Gasteiger charge is -2.40. The molecule has 2 aliphatic heterocycles. The molecule has 1 saturated heterocycles. The maximum absolute atomic E-state index is 14.3. The molecule has 2 aliphatic rings. The molecule has 7 heteroatoms. The number of hydrogen-bond acceptors (Lipinski definition) is 4. The predicted octanol–water partition coefficient (Wildman–Crippen LogP) is 4.61. The van der Waals surface area contributed by atoms with Crippen LogP contribution >= 0.6 is 0 Å². The number of aryl methyl sites for hydroxylation is 1. The maximum Gasteiger partial charge on any atom is 0.234 e. The van der Waals surface area contributed by atoms with E-state index in [-0.39, 0.29) is 23.0 Å². The monoisotopic (exact) mass is 523 g/mol. The molecule has 0 radical (unpaired) electrons. The zero-order valence-electron chi connectivity index (χ0n) is 22.9. The Kier molecular flexibility index (Phi) is 9.42. The molecule has 2 amide bonds. The fourth-order valence-electron chi connectivity index (χ4n) is 5.69. The first-order valence-corrected chi connectivity index (χ1v) is 14.0. The van der Waals surface area contributed by atoms with Gasteiger partial charge in [0, 0.05) is 18.5 Å². The number of hydrogen-bond donors (Lipinski definition) is 2. The zero-order chi connectivity index (χ0) is 27.0. The minimum Gasteiger partial charge on any atom is -0.493 e. The van der Waals surface area contributed by atoms with Gasteiger partial charge in [0.15, 0.2) is 0 Å². The number of halogens is 1. The van der Waals surface area contributed by atoms with Gasteiger partial charge in [-0.15, -0.1) is 0 Å².